The minimum Gasteiger partial charge on any atom is -0.497 e. The number of ether oxygens (including phenoxy) is 1. The van der Waals surface area contributed by atoms with Gasteiger partial charge in [0.05, 0.1) is 13.7 Å². The van der Waals surface area contributed by atoms with Gasteiger partial charge in [0.1, 0.15) is 11.6 Å². The summed E-state index contributed by atoms with van der Waals surface area (Å²) < 4.78 is 18.0. The predicted molar refractivity (Wildman–Crippen MR) is 69.4 cm³/mol. The monoisotopic (exact) mass is 264 g/mol. The molecule has 18 heavy (non-hydrogen) atoms. The fourth-order valence-corrected chi connectivity index (χ4v) is 2.48. The molecule has 0 unspecified atom stereocenters. The molecule has 0 aromatic heterocycles. The van der Waals surface area contributed by atoms with E-state index >= 15 is 0 Å². The van der Waals surface area contributed by atoms with E-state index in [9.17, 15) is 9.50 Å². The molecule has 2 aromatic carbocycles. The lowest BCUT2D eigenvalue weighted by molar-refractivity contribution is 0.278. The molecule has 0 atom stereocenters. The van der Waals surface area contributed by atoms with Crippen LogP contribution in [0.3, 0.4) is 0 Å². The van der Waals surface area contributed by atoms with Gasteiger partial charge in [-0.1, -0.05) is 17.8 Å². The van der Waals surface area contributed by atoms with Gasteiger partial charge in [0.2, 0.25) is 0 Å². The Morgan fingerprint density at radius 2 is 1.89 bits per heavy atom. The number of hydrogen-bond acceptors (Lipinski definition) is 3. The van der Waals surface area contributed by atoms with Gasteiger partial charge in [0, 0.05) is 9.79 Å². The number of hydrogen-bond donors (Lipinski definition) is 1. The Morgan fingerprint density at radius 1 is 1.17 bits per heavy atom. The maximum absolute atomic E-state index is 12.8. The predicted octanol–water partition coefficient (Wildman–Crippen LogP) is 3.48. The molecule has 0 saturated carbocycles. The maximum atomic E-state index is 12.8. The number of aliphatic hydroxyl groups is 1. The Bertz CT molecular complexity index is 526. The lowest BCUT2D eigenvalue weighted by Gasteiger charge is -2.09. The molecule has 4 heteroatoms. The molecule has 0 aliphatic heterocycles. The van der Waals surface area contributed by atoms with Gasteiger partial charge in [-0.15, -0.1) is 0 Å². The van der Waals surface area contributed by atoms with Crippen molar-refractivity contribution in [1.29, 1.82) is 0 Å². The zero-order chi connectivity index (χ0) is 13.0. The lowest BCUT2D eigenvalue weighted by Crippen LogP contribution is -1.90. The molecule has 0 radical (unpaired) electrons. The topological polar surface area (TPSA) is 29.5 Å². The third-order valence-electron chi connectivity index (χ3n) is 2.49. The molecule has 1 N–H and O–H groups in total. The van der Waals surface area contributed by atoms with E-state index in [0.717, 1.165) is 21.1 Å². The van der Waals surface area contributed by atoms with E-state index in [2.05, 4.69) is 0 Å². The van der Waals surface area contributed by atoms with Crippen molar-refractivity contribution in [2.24, 2.45) is 0 Å². The molecule has 0 saturated heterocycles. The zero-order valence-electron chi connectivity index (χ0n) is 9.89. The van der Waals surface area contributed by atoms with Crippen LogP contribution < -0.4 is 4.74 Å². The largest absolute Gasteiger partial charge is 0.497 e. The Morgan fingerprint density at radius 3 is 2.50 bits per heavy atom. The highest BCUT2D eigenvalue weighted by atomic mass is 32.2. The first kappa shape index (κ1) is 12.9. The number of aliphatic hydroxyl groups excluding tert-OH is 1. The molecule has 0 aliphatic rings. The Hall–Kier alpha value is -1.52. The van der Waals surface area contributed by atoms with Gasteiger partial charge < -0.3 is 9.84 Å². The molecule has 2 aromatic rings. The molecule has 94 valence electrons. The van der Waals surface area contributed by atoms with E-state index in [0.29, 0.717) is 0 Å². The Balaban J connectivity index is 2.29. The van der Waals surface area contributed by atoms with Crippen LogP contribution in [0.2, 0.25) is 0 Å². The molecule has 0 bridgehead atoms. The van der Waals surface area contributed by atoms with Crippen molar-refractivity contribution in [2.45, 2.75) is 16.4 Å². The first-order valence-electron chi connectivity index (χ1n) is 5.44. The van der Waals surface area contributed by atoms with Crippen LogP contribution in [0, 0.1) is 5.82 Å². The summed E-state index contributed by atoms with van der Waals surface area (Å²) in [6.45, 7) is -0.0342. The van der Waals surface area contributed by atoms with E-state index in [1.54, 1.807) is 25.3 Å². The number of methoxy groups -OCH3 is 1. The number of halogens is 1. The zero-order valence-corrected chi connectivity index (χ0v) is 10.7. The molecule has 2 rings (SSSR count). The van der Waals surface area contributed by atoms with Crippen molar-refractivity contribution in [3.8, 4) is 5.75 Å². The minimum absolute atomic E-state index is 0.0342. The summed E-state index contributed by atoms with van der Waals surface area (Å²) in [5.41, 5.74) is 0.824. The first-order valence-corrected chi connectivity index (χ1v) is 6.26. The van der Waals surface area contributed by atoms with Crippen LogP contribution >= 0.6 is 11.8 Å². The van der Waals surface area contributed by atoms with E-state index in [1.165, 1.54) is 23.9 Å². The highest BCUT2D eigenvalue weighted by Crippen LogP contribution is 2.33. The lowest BCUT2D eigenvalue weighted by atomic mass is 10.2. The van der Waals surface area contributed by atoms with Crippen LogP contribution in [-0.2, 0) is 6.61 Å². The van der Waals surface area contributed by atoms with Crippen molar-refractivity contribution in [2.75, 3.05) is 7.11 Å². The standard InChI is InChI=1S/C14H13FO2S/c1-17-12-5-2-10(9-16)14(8-12)18-13-6-3-11(15)4-7-13/h2-8,16H,9H2,1H3. The fourth-order valence-electron chi connectivity index (χ4n) is 1.52. The normalized spacial score (nSPS) is 10.4. The highest BCUT2D eigenvalue weighted by molar-refractivity contribution is 7.99. The smallest absolute Gasteiger partial charge is 0.123 e. The molecule has 0 spiro atoms. The van der Waals surface area contributed by atoms with Crippen molar-refractivity contribution < 1.29 is 14.2 Å². The van der Waals surface area contributed by atoms with Gasteiger partial charge >= 0.3 is 0 Å². The fraction of sp³-hybridized carbons (Fsp3) is 0.143. The van der Waals surface area contributed by atoms with Crippen LogP contribution in [0.1, 0.15) is 5.56 Å². The number of benzene rings is 2. The molecule has 0 heterocycles. The molecule has 0 fully saturated rings. The summed E-state index contributed by atoms with van der Waals surface area (Å²) >= 11 is 1.47. The van der Waals surface area contributed by atoms with Gasteiger partial charge in [-0.2, -0.15) is 0 Å². The number of rotatable bonds is 4. The first-order chi connectivity index (χ1) is 8.72. The van der Waals surface area contributed by atoms with Gasteiger partial charge in [0.25, 0.3) is 0 Å². The highest BCUT2D eigenvalue weighted by Gasteiger charge is 2.06. The molecular weight excluding hydrogens is 251 g/mol. The average molecular weight is 264 g/mol. The quantitative estimate of drug-likeness (QED) is 0.916. The van der Waals surface area contributed by atoms with E-state index in [4.69, 9.17) is 4.74 Å². The van der Waals surface area contributed by atoms with Gasteiger partial charge in [0.15, 0.2) is 0 Å². The van der Waals surface area contributed by atoms with Crippen LogP contribution in [0.4, 0.5) is 4.39 Å². The second-order valence-corrected chi connectivity index (χ2v) is 4.80. The summed E-state index contributed by atoms with van der Waals surface area (Å²) in [7, 11) is 1.60. The Kier molecular flexibility index (Phi) is 4.23. The van der Waals surface area contributed by atoms with Gasteiger partial charge in [-0.25, -0.2) is 4.39 Å². The van der Waals surface area contributed by atoms with E-state index in [-0.39, 0.29) is 12.4 Å². The van der Waals surface area contributed by atoms with Crippen LogP contribution in [0.15, 0.2) is 52.3 Å². The summed E-state index contributed by atoms with van der Waals surface area (Å²) in [4.78, 5) is 1.82. The third kappa shape index (κ3) is 3.03. The summed E-state index contributed by atoms with van der Waals surface area (Å²) in [6.07, 6.45) is 0. The van der Waals surface area contributed by atoms with Gasteiger partial charge in [-0.3, -0.25) is 0 Å². The molecule has 0 amide bonds. The van der Waals surface area contributed by atoms with Gasteiger partial charge in [-0.05, 0) is 42.0 Å². The Labute approximate surface area is 109 Å². The summed E-state index contributed by atoms with van der Waals surface area (Å²) in [5.74, 6) is 0.476. The second kappa shape index (κ2) is 5.89. The van der Waals surface area contributed by atoms with Crippen molar-refractivity contribution in [3.63, 3.8) is 0 Å². The third-order valence-corrected chi connectivity index (χ3v) is 3.59. The van der Waals surface area contributed by atoms with Crippen molar-refractivity contribution >= 4 is 11.8 Å². The van der Waals surface area contributed by atoms with Crippen molar-refractivity contribution in [3.05, 3.63) is 53.8 Å². The average Bonchev–Trinajstić information content (AvgIpc) is 2.41. The summed E-state index contributed by atoms with van der Waals surface area (Å²) in [6, 6.07) is 11.7. The van der Waals surface area contributed by atoms with E-state index in [1.807, 2.05) is 12.1 Å². The van der Waals surface area contributed by atoms with Crippen LogP contribution in [-0.4, -0.2) is 12.2 Å². The molecular formula is C14H13FO2S. The maximum Gasteiger partial charge on any atom is 0.123 e. The van der Waals surface area contributed by atoms with Crippen LogP contribution in [0.5, 0.6) is 5.75 Å². The molecule has 0 aliphatic carbocycles. The summed E-state index contributed by atoms with van der Waals surface area (Å²) in [5, 5.41) is 9.29. The second-order valence-electron chi connectivity index (χ2n) is 3.69. The van der Waals surface area contributed by atoms with E-state index < -0.39 is 0 Å². The SMILES string of the molecule is COc1ccc(CO)c(Sc2ccc(F)cc2)c1. The van der Waals surface area contributed by atoms with Crippen LogP contribution in [0.25, 0.3) is 0 Å². The minimum atomic E-state index is -0.257. The van der Waals surface area contributed by atoms with Crippen molar-refractivity contribution in [1.82, 2.24) is 0 Å². The molecule has 2 nitrogen and oxygen atoms in total.